The van der Waals surface area contributed by atoms with Crippen LogP contribution in [0.4, 0.5) is 5.69 Å². The van der Waals surface area contributed by atoms with Crippen LogP contribution < -0.4 is 10.2 Å². The fraction of sp³-hybridized carbons (Fsp3) is 0.667. The van der Waals surface area contributed by atoms with Crippen molar-refractivity contribution in [1.29, 1.82) is 0 Å². The molecule has 0 amide bonds. The minimum atomic E-state index is 0.701. The highest BCUT2D eigenvalue weighted by Crippen LogP contribution is 2.31. The average Bonchev–Trinajstić information content (AvgIpc) is 2.74. The van der Waals surface area contributed by atoms with Gasteiger partial charge in [0.25, 0.3) is 0 Å². The number of nitrogens with one attached hydrogen (secondary N) is 1. The Bertz CT molecular complexity index is 433. The molecule has 0 aliphatic carbocycles. The highest BCUT2D eigenvalue weighted by atomic mass is 79.9. The second kappa shape index (κ2) is 8.79. The van der Waals surface area contributed by atoms with Gasteiger partial charge in [0.15, 0.2) is 0 Å². The molecule has 1 aliphatic heterocycles. The zero-order chi connectivity index (χ0) is 15.1. The molecular formula is C18H29BrN2. The van der Waals surface area contributed by atoms with Crippen LogP contribution in [0, 0.1) is 0 Å². The molecule has 1 heterocycles. The van der Waals surface area contributed by atoms with Crippen molar-refractivity contribution in [3.8, 4) is 0 Å². The van der Waals surface area contributed by atoms with E-state index >= 15 is 0 Å². The summed E-state index contributed by atoms with van der Waals surface area (Å²) in [6.45, 7) is 7.82. The summed E-state index contributed by atoms with van der Waals surface area (Å²) >= 11 is 3.66. The smallest absolute Gasteiger partial charge is 0.0425 e. The van der Waals surface area contributed by atoms with Crippen LogP contribution in [0.1, 0.15) is 57.9 Å². The lowest BCUT2D eigenvalue weighted by atomic mass is 10.0. The van der Waals surface area contributed by atoms with Crippen molar-refractivity contribution >= 4 is 21.6 Å². The summed E-state index contributed by atoms with van der Waals surface area (Å²) in [4.78, 5) is 2.67. The fourth-order valence-electron chi connectivity index (χ4n) is 3.27. The number of anilines is 1. The van der Waals surface area contributed by atoms with E-state index in [4.69, 9.17) is 0 Å². The Hall–Kier alpha value is -0.540. The highest BCUT2D eigenvalue weighted by Gasteiger charge is 2.21. The molecule has 0 spiro atoms. The number of benzene rings is 1. The van der Waals surface area contributed by atoms with E-state index < -0.39 is 0 Å². The third-order valence-corrected chi connectivity index (χ3v) is 4.94. The molecule has 0 radical (unpaired) electrons. The molecule has 1 aliphatic rings. The molecule has 1 aromatic rings. The average molecular weight is 353 g/mol. The maximum absolute atomic E-state index is 3.66. The number of halogens is 1. The SMILES string of the molecule is CCCNCc1ccc(Br)cc1N1CCCCCC1CC. The standard InChI is InChI=1S/C18H29BrN2/c1-3-11-20-14-15-9-10-16(19)13-18(15)21-12-7-5-6-8-17(21)4-2/h9-10,13,17,20H,3-8,11-12,14H2,1-2H3. The van der Waals surface area contributed by atoms with Gasteiger partial charge < -0.3 is 10.2 Å². The summed E-state index contributed by atoms with van der Waals surface area (Å²) < 4.78 is 1.19. The maximum Gasteiger partial charge on any atom is 0.0425 e. The molecule has 118 valence electrons. The van der Waals surface area contributed by atoms with Crippen molar-refractivity contribution in [3.63, 3.8) is 0 Å². The van der Waals surface area contributed by atoms with Gasteiger partial charge in [0.2, 0.25) is 0 Å². The van der Waals surface area contributed by atoms with Gasteiger partial charge in [0, 0.05) is 29.3 Å². The summed E-state index contributed by atoms with van der Waals surface area (Å²) in [6.07, 6.45) is 7.86. The topological polar surface area (TPSA) is 15.3 Å². The third kappa shape index (κ3) is 4.72. The summed E-state index contributed by atoms with van der Waals surface area (Å²) in [5.41, 5.74) is 2.87. The zero-order valence-corrected chi connectivity index (χ0v) is 15.1. The van der Waals surface area contributed by atoms with E-state index in [1.54, 1.807) is 0 Å². The predicted molar refractivity (Wildman–Crippen MR) is 96.0 cm³/mol. The second-order valence-electron chi connectivity index (χ2n) is 6.05. The van der Waals surface area contributed by atoms with Gasteiger partial charge in [-0.1, -0.05) is 48.7 Å². The molecule has 1 saturated heterocycles. The Morgan fingerprint density at radius 1 is 1.24 bits per heavy atom. The maximum atomic E-state index is 3.66. The summed E-state index contributed by atoms with van der Waals surface area (Å²) in [5.74, 6) is 0. The summed E-state index contributed by atoms with van der Waals surface area (Å²) in [6, 6.07) is 7.47. The zero-order valence-electron chi connectivity index (χ0n) is 13.5. The lowest BCUT2D eigenvalue weighted by molar-refractivity contribution is 0.553. The Balaban J connectivity index is 2.23. The van der Waals surface area contributed by atoms with E-state index in [0.717, 1.165) is 13.1 Å². The normalized spacial score (nSPS) is 19.6. The number of rotatable bonds is 6. The fourth-order valence-corrected chi connectivity index (χ4v) is 3.62. The van der Waals surface area contributed by atoms with Crippen LogP contribution in [0.25, 0.3) is 0 Å². The quantitative estimate of drug-likeness (QED) is 0.715. The van der Waals surface area contributed by atoms with Crippen LogP contribution >= 0.6 is 15.9 Å². The summed E-state index contributed by atoms with van der Waals surface area (Å²) in [5, 5.41) is 3.56. The van der Waals surface area contributed by atoms with Crippen molar-refractivity contribution < 1.29 is 0 Å². The largest absolute Gasteiger partial charge is 0.368 e. The van der Waals surface area contributed by atoms with Crippen molar-refractivity contribution in [2.45, 2.75) is 65.0 Å². The van der Waals surface area contributed by atoms with Gasteiger partial charge in [-0.2, -0.15) is 0 Å². The van der Waals surface area contributed by atoms with Gasteiger partial charge in [-0.3, -0.25) is 0 Å². The van der Waals surface area contributed by atoms with Gasteiger partial charge >= 0.3 is 0 Å². The van der Waals surface area contributed by atoms with Crippen LogP contribution in [-0.4, -0.2) is 19.1 Å². The monoisotopic (exact) mass is 352 g/mol. The Morgan fingerprint density at radius 2 is 2.10 bits per heavy atom. The molecule has 1 fully saturated rings. The van der Waals surface area contributed by atoms with Crippen LogP contribution in [0.3, 0.4) is 0 Å². The van der Waals surface area contributed by atoms with Crippen LogP contribution in [-0.2, 0) is 6.54 Å². The van der Waals surface area contributed by atoms with Crippen LogP contribution in [0.5, 0.6) is 0 Å². The molecule has 3 heteroatoms. The van der Waals surface area contributed by atoms with Crippen molar-refractivity contribution in [2.24, 2.45) is 0 Å². The van der Waals surface area contributed by atoms with Gasteiger partial charge in [-0.25, -0.2) is 0 Å². The van der Waals surface area contributed by atoms with Crippen LogP contribution in [0.15, 0.2) is 22.7 Å². The Kier molecular flexibility index (Phi) is 7.05. The minimum absolute atomic E-state index is 0.701. The van der Waals surface area contributed by atoms with E-state index in [2.05, 4.69) is 58.2 Å². The second-order valence-corrected chi connectivity index (χ2v) is 6.97. The van der Waals surface area contributed by atoms with E-state index in [-0.39, 0.29) is 0 Å². The predicted octanol–water partition coefficient (Wildman–Crippen LogP) is 5.11. The molecule has 2 nitrogen and oxygen atoms in total. The summed E-state index contributed by atoms with van der Waals surface area (Å²) in [7, 11) is 0. The first-order chi connectivity index (χ1) is 10.3. The number of hydrogen-bond acceptors (Lipinski definition) is 2. The Morgan fingerprint density at radius 3 is 2.86 bits per heavy atom. The third-order valence-electron chi connectivity index (χ3n) is 4.45. The number of hydrogen-bond donors (Lipinski definition) is 1. The molecule has 0 aromatic heterocycles. The molecule has 1 unspecified atom stereocenters. The lowest BCUT2D eigenvalue weighted by Gasteiger charge is -2.33. The highest BCUT2D eigenvalue weighted by molar-refractivity contribution is 9.10. The van der Waals surface area contributed by atoms with Gasteiger partial charge in [0.05, 0.1) is 0 Å². The van der Waals surface area contributed by atoms with Gasteiger partial charge in [-0.15, -0.1) is 0 Å². The number of nitrogens with zero attached hydrogens (tertiary/aromatic N) is 1. The molecule has 1 aromatic carbocycles. The Labute approximate surface area is 138 Å². The van der Waals surface area contributed by atoms with Crippen molar-refractivity contribution in [3.05, 3.63) is 28.2 Å². The van der Waals surface area contributed by atoms with Gasteiger partial charge in [0.1, 0.15) is 0 Å². The van der Waals surface area contributed by atoms with E-state index in [1.165, 1.54) is 60.8 Å². The first-order valence-corrected chi connectivity index (χ1v) is 9.31. The first-order valence-electron chi connectivity index (χ1n) is 8.52. The molecular weight excluding hydrogens is 324 g/mol. The molecule has 0 bridgehead atoms. The molecule has 2 rings (SSSR count). The molecule has 0 saturated carbocycles. The van der Waals surface area contributed by atoms with E-state index in [0.29, 0.717) is 6.04 Å². The van der Waals surface area contributed by atoms with Crippen molar-refractivity contribution in [2.75, 3.05) is 18.0 Å². The molecule has 1 N–H and O–H groups in total. The minimum Gasteiger partial charge on any atom is -0.368 e. The first kappa shape index (κ1) is 16.8. The molecule has 1 atom stereocenters. The lowest BCUT2D eigenvalue weighted by Crippen LogP contribution is -2.35. The van der Waals surface area contributed by atoms with Gasteiger partial charge in [-0.05, 0) is 49.9 Å². The van der Waals surface area contributed by atoms with Crippen molar-refractivity contribution in [1.82, 2.24) is 5.32 Å². The van der Waals surface area contributed by atoms with E-state index in [9.17, 15) is 0 Å². The van der Waals surface area contributed by atoms with E-state index in [1.807, 2.05) is 0 Å². The van der Waals surface area contributed by atoms with Crippen LogP contribution in [0.2, 0.25) is 0 Å². The molecule has 21 heavy (non-hydrogen) atoms.